The lowest BCUT2D eigenvalue weighted by Crippen LogP contribution is -2.33. The second-order valence-electron chi connectivity index (χ2n) is 7.87. The van der Waals surface area contributed by atoms with Gasteiger partial charge in [0.25, 0.3) is 17.4 Å². The summed E-state index contributed by atoms with van der Waals surface area (Å²) in [5.41, 5.74) is 5.90. The van der Waals surface area contributed by atoms with E-state index in [1.165, 1.54) is 10.8 Å². The second kappa shape index (κ2) is 8.08. The molecule has 1 saturated heterocycles. The molecule has 2 aliphatic rings. The van der Waals surface area contributed by atoms with Gasteiger partial charge in [-0.15, -0.1) is 0 Å². The molecule has 4 heterocycles. The molecule has 2 aromatic heterocycles. The van der Waals surface area contributed by atoms with E-state index in [2.05, 4.69) is 21.8 Å². The van der Waals surface area contributed by atoms with Crippen molar-refractivity contribution in [3.05, 3.63) is 57.5 Å². The topological polar surface area (TPSA) is 184 Å². The van der Waals surface area contributed by atoms with Crippen LogP contribution in [-0.2, 0) is 4.74 Å². The minimum absolute atomic E-state index is 0.0427. The number of nitrogens with one attached hydrogen (secondary N) is 1. The summed E-state index contributed by atoms with van der Waals surface area (Å²) in [7, 11) is 0. The highest BCUT2D eigenvalue weighted by atomic mass is 16.6. The monoisotopic (exact) mass is 465 g/mol. The minimum Gasteiger partial charge on any atom is -0.394 e. The van der Waals surface area contributed by atoms with E-state index in [0.717, 1.165) is 4.90 Å². The van der Waals surface area contributed by atoms with Gasteiger partial charge in [-0.2, -0.15) is 4.98 Å². The van der Waals surface area contributed by atoms with Crippen LogP contribution in [0.3, 0.4) is 0 Å². The molecule has 3 aromatic rings. The molecule has 2 aliphatic heterocycles. The van der Waals surface area contributed by atoms with E-state index in [1.807, 2.05) is 0 Å². The number of anilines is 1. The number of aliphatic hydroxyl groups excluding tert-OH is 3. The third-order valence-electron chi connectivity index (χ3n) is 5.83. The van der Waals surface area contributed by atoms with Crippen LogP contribution in [0.4, 0.5) is 5.95 Å². The molecule has 12 nitrogen and oxygen atoms in total. The van der Waals surface area contributed by atoms with E-state index in [4.69, 9.17) is 10.5 Å². The van der Waals surface area contributed by atoms with Gasteiger partial charge in [-0.3, -0.25) is 24.3 Å². The fraction of sp³-hybridized carbons (Fsp3) is 0.273. The highest BCUT2D eigenvalue weighted by Crippen LogP contribution is 2.32. The first kappa shape index (κ1) is 21.8. The van der Waals surface area contributed by atoms with Crippen LogP contribution < -0.4 is 11.3 Å². The Morgan fingerprint density at radius 2 is 1.79 bits per heavy atom. The number of hydrogen-bond acceptors (Lipinski definition) is 9. The van der Waals surface area contributed by atoms with Gasteiger partial charge in [-0.1, -0.05) is 24.0 Å². The number of nitrogens with two attached hydrogens (primary N) is 1. The normalized spacial score (nSPS) is 23.9. The van der Waals surface area contributed by atoms with E-state index < -0.39 is 48.5 Å². The number of imide groups is 1. The van der Waals surface area contributed by atoms with E-state index in [1.54, 1.807) is 24.3 Å². The highest BCUT2D eigenvalue weighted by Gasteiger charge is 2.44. The van der Waals surface area contributed by atoms with Crippen LogP contribution in [0.2, 0.25) is 0 Å². The zero-order valence-electron chi connectivity index (χ0n) is 17.5. The molecule has 0 aliphatic carbocycles. The molecule has 0 bridgehead atoms. The van der Waals surface area contributed by atoms with Gasteiger partial charge in [0.2, 0.25) is 5.95 Å². The average Bonchev–Trinajstić information content (AvgIpc) is 3.40. The van der Waals surface area contributed by atoms with Crippen LogP contribution in [0.1, 0.15) is 32.5 Å². The highest BCUT2D eigenvalue weighted by molar-refractivity contribution is 6.21. The molecule has 174 valence electrons. The van der Waals surface area contributed by atoms with Gasteiger partial charge in [-0.05, 0) is 12.1 Å². The van der Waals surface area contributed by atoms with Crippen molar-refractivity contribution in [2.24, 2.45) is 0 Å². The van der Waals surface area contributed by atoms with E-state index in [-0.39, 0.29) is 29.1 Å². The summed E-state index contributed by atoms with van der Waals surface area (Å²) in [4.78, 5) is 45.2. The Kier molecular flexibility index (Phi) is 5.18. The molecular weight excluding hydrogens is 446 g/mol. The maximum absolute atomic E-state index is 12.6. The first-order valence-corrected chi connectivity index (χ1v) is 10.3. The number of H-pyrrole nitrogens is 1. The molecule has 1 fully saturated rings. The summed E-state index contributed by atoms with van der Waals surface area (Å²) < 4.78 is 6.85. The zero-order chi connectivity index (χ0) is 24.1. The van der Waals surface area contributed by atoms with Crippen molar-refractivity contribution in [3.8, 4) is 11.8 Å². The van der Waals surface area contributed by atoms with Crippen molar-refractivity contribution >= 4 is 28.8 Å². The standard InChI is InChI=1S/C22H19N5O7/c23-22-24-17-14(18(31)25-22)10(8-27(17)21-16(30)15(29)13(9-28)34-21)4-3-7-26-19(32)11-5-1-2-6-12(11)20(26)33/h1-2,5-6,8,13,15-16,21,28-30H,7,9H2,(H3,23,24,25,31)/t13-,15-,16-,21-/m1/s1. The summed E-state index contributed by atoms with van der Waals surface area (Å²) in [6.45, 7) is -0.746. The van der Waals surface area contributed by atoms with Crippen molar-refractivity contribution in [1.29, 1.82) is 0 Å². The van der Waals surface area contributed by atoms with Crippen molar-refractivity contribution < 1.29 is 29.6 Å². The van der Waals surface area contributed by atoms with Gasteiger partial charge < -0.3 is 30.4 Å². The number of carbonyl (C=O) groups excluding carboxylic acids is 2. The number of hydrogen-bond donors (Lipinski definition) is 5. The molecule has 0 unspecified atom stereocenters. The molecular formula is C22H19N5O7. The molecule has 0 saturated carbocycles. The number of aromatic amines is 1. The summed E-state index contributed by atoms with van der Waals surface area (Å²) in [5.74, 6) is 4.39. The van der Waals surface area contributed by atoms with Gasteiger partial charge in [0.15, 0.2) is 11.9 Å². The lowest BCUT2D eigenvalue weighted by atomic mass is 10.1. The fourth-order valence-electron chi connectivity index (χ4n) is 4.17. The summed E-state index contributed by atoms with van der Waals surface area (Å²) in [6.07, 6.45) is -3.61. The number of amides is 2. The third-order valence-corrected chi connectivity index (χ3v) is 5.83. The smallest absolute Gasteiger partial charge is 0.263 e. The number of fused-ring (bicyclic) bond motifs is 2. The van der Waals surface area contributed by atoms with Gasteiger partial charge in [0.05, 0.1) is 35.2 Å². The Morgan fingerprint density at radius 1 is 1.12 bits per heavy atom. The van der Waals surface area contributed by atoms with Crippen molar-refractivity contribution in [2.75, 3.05) is 18.9 Å². The molecule has 5 rings (SSSR count). The van der Waals surface area contributed by atoms with Gasteiger partial charge in [0.1, 0.15) is 18.3 Å². The summed E-state index contributed by atoms with van der Waals surface area (Å²) in [5, 5.41) is 29.9. The number of nitrogen functional groups attached to an aromatic ring is 1. The first-order valence-electron chi connectivity index (χ1n) is 10.3. The molecule has 0 radical (unpaired) electrons. The molecule has 34 heavy (non-hydrogen) atoms. The van der Waals surface area contributed by atoms with Gasteiger partial charge in [0, 0.05) is 6.20 Å². The Balaban J connectivity index is 1.51. The zero-order valence-corrected chi connectivity index (χ0v) is 17.5. The number of carbonyl (C=O) groups is 2. The third kappa shape index (κ3) is 3.27. The minimum atomic E-state index is -1.42. The Labute approximate surface area is 191 Å². The largest absolute Gasteiger partial charge is 0.394 e. The molecule has 2 amide bonds. The van der Waals surface area contributed by atoms with Crippen LogP contribution in [-0.4, -0.2) is 78.0 Å². The van der Waals surface area contributed by atoms with E-state index >= 15 is 0 Å². The number of aromatic nitrogens is 3. The molecule has 4 atom stereocenters. The first-order chi connectivity index (χ1) is 16.3. The van der Waals surface area contributed by atoms with Crippen LogP contribution in [0, 0.1) is 11.8 Å². The number of ether oxygens (including phenoxy) is 1. The molecule has 1 aromatic carbocycles. The quantitative estimate of drug-likeness (QED) is 0.228. The van der Waals surface area contributed by atoms with E-state index in [0.29, 0.717) is 11.1 Å². The summed E-state index contributed by atoms with van der Waals surface area (Å²) >= 11 is 0. The predicted molar refractivity (Wildman–Crippen MR) is 116 cm³/mol. The Morgan fingerprint density at radius 3 is 2.41 bits per heavy atom. The van der Waals surface area contributed by atoms with Crippen LogP contribution in [0.15, 0.2) is 35.3 Å². The lowest BCUT2D eigenvalue weighted by Gasteiger charge is -2.17. The second-order valence-corrected chi connectivity index (χ2v) is 7.87. The maximum atomic E-state index is 12.6. The van der Waals surface area contributed by atoms with Crippen LogP contribution >= 0.6 is 0 Å². The molecule has 12 heteroatoms. The maximum Gasteiger partial charge on any atom is 0.263 e. The number of benzene rings is 1. The average molecular weight is 465 g/mol. The van der Waals surface area contributed by atoms with Crippen molar-refractivity contribution in [3.63, 3.8) is 0 Å². The Hall–Kier alpha value is -4.02. The number of nitrogens with zero attached hydrogens (tertiary/aromatic N) is 3. The van der Waals surface area contributed by atoms with Crippen LogP contribution in [0.5, 0.6) is 0 Å². The lowest BCUT2D eigenvalue weighted by molar-refractivity contribution is -0.0508. The SMILES string of the molecule is Nc1nc2c(c(C#CCN3C(=O)c4ccccc4C3=O)cn2[C@@H]2O[C@H](CO)[C@@H](O)[C@H]2O)c(=O)[nH]1. The number of rotatable bonds is 3. The van der Waals surface area contributed by atoms with Crippen molar-refractivity contribution in [1.82, 2.24) is 19.4 Å². The molecule has 6 N–H and O–H groups in total. The van der Waals surface area contributed by atoms with Gasteiger partial charge in [-0.25, -0.2) is 0 Å². The fourth-order valence-corrected chi connectivity index (χ4v) is 4.17. The van der Waals surface area contributed by atoms with Crippen LogP contribution in [0.25, 0.3) is 11.0 Å². The number of aliphatic hydroxyl groups is 3. The van der Waals surface area contributed by atoms with Crippen molar-refractivity contribution in [2.45, 2.75) is 24.5 Å². The summed E-state index contributed by atoms with van der Waals surface area (Å²) in [6, 6.07) is 6.45. The Bertz CT molecular complexity index is 1410. The van der Waals surface area contributed by atoms with E-state index in [9.17, 15) is 29.7 Å². The van der Waals surface area contributed by atoms with Gasteiger partial charge >= 0.3 is 0 Å². The molecule has 0 spiro atoms. The predicted octanol–water partition coefficient (Wildman–Crippen LogP) is -1.43.